The van der Waals surface area contributed by atoms with Crippen molar-refractivity contribution < 1.29 is 4.39 Å². The van der Waals surface area contributed by atoms with Crippen molar-refractivity contribution >= 4 is 17.3 Å². The lowest BCUT2D eigenvalue weighted by Gasteiger charge is -2.38. The molecule has 0 aromatic carbocycles. The van der Waals surface area contributed by atoms with Gasteiger partial charge in [-0.15, -0.1) is 0 Å². The summed E-state index contributed by atoms with van der Waals surface area (Å²) in [5, 5.41) is 3.36. The molecule has 0 spiro atoms. The maximum absolute atomic E-state index is 13.4. The zero-order valence-electron chi connectivity index (χ0n) is 9.50. The first-order valence-electron chi connectivity index (χ1n) is 6.04. The third-order valence-electron chi connectivity index (χ3n) is 3.79. The van der Waals surface area contributed by atoms with Gasteiger partial charge in [0.05, 0.1) is 11.9 Å². The van der Waals surface area contributed by atoms with Gasteiger partial charge in [-0.3, -0.25) is 0 Å². The number of aromatic nitrogens is 1. The molecule has 0 amide bonds. The second kappa shape index (κ2) is 4.42. The zero-order chi connectivity index (χ0) is 11.8. The summed E-state index contributed by atoms with van der Waals surface area (Å²) in [5.74, 6) is 0.250. The van der Waals surface area contributed by atoms with E-state index in [0.29, 0.717) is 12.0 Å². The minimum Gasteiger partial charge on any atom is -0.366 e. The Balaban J connectivity index is 1.89. The first-order valence-corrected chi connectivity index (χ1v) is 6.42. The highest BCUT2D eigenvalue weighted by atomic mass is 35.5. The van der Waals surface area contributed by atoms with Gasteiger partial charge >= 0.3 is 0 Å². The van der Waals surface area contributed by atoms with E-state index in [0.717, 1.165) is 31.7 Å². The standard InChI is InChI=1S/C12H15ClFN3/c13-12-10(14)4-9(6-16-12)17-3-1-2-8-5-15-7-11(8)17/h4,6,8,11,15H,1-3,5,7H2. The van der Waals surface area contributed by atoms with E-state index in [2.05, 4.69) is 15.2 Å². The molecule has 2 fully saturated rings. The maximum Gasteiger partial charge on any atom is 0.164 e. The molecule has 17 heavy (non-hydrogen) atoms. The number of pyridine rings is 1. The van der Waals surface area contributed by atoms with Crippen molar-refractivity contribution in [2.45, 2.75) is 18.9 Å². The lowest BCUT2D eigenvalue weighted by atomic mass is 9.92. The van der Waals surface area contributed by atoms with E-state index in [-0.39, 0.29) is 5.15 Å². The second-order valence-corrected chi connectivity index (χ2v) is 5.15. The molecule has 1 N–H and O–H groups in total. The van der Waals surface area contributed by atoms with Gasteiger partial charge in [0.25, 0.3) is 0 Å². The molecule has 1 aromatic rings. The van der Waals surface area contributed by atoms with Crippen LogP contribution in [0, 0.1) is 11.7 Å². The number of anilines is 1. The summed E-state index contributed by atoms with van der Waals surface area (Å²) >= 11 is 5.61. The Morgan fingerprint density at radius 1 is 1.47 bits per heavy atom. The maximum atomic E-state index is 13.4. The molecule has 3 rings (SSSR count). The Bertz CT molecular complexity index is 426. The first kappa shape index (κ1) is 11.2. The quantitative estimate of drug-likeness (QED) is 0.779. The van der Waals surface area contributed by atoms with Crippen LogP contribution >= 0.6 is 11.6 Å². The van der Waals surface area contributed by atoms with E-state index in [9.17, 15) is 4.39 Å². The Labute approximate surface area is 105 Å². The van der Waals surface area contributed by atoms with E-state index < -0.39 is 5.82 Å². The van der Waals surface area contributed by atoms with Gasteiger partial charge in [0.2, 0.25) is 0 Å². The molecule has 1 aromatic heterocycles. The SMILES string of the molecule is Fc1cc(N2CCCC3CNCC32)cnc1Cl. The normalized spacial score (nSPS) is 28.2. The lowest BCUT2D eigenvalue weighted by molar-refractivity contribution is 0.384. The third-order valence-corrected chi connectivity index (χ3v) is 4.07. The summed E-state index contributed by atoms with van der Waals surface area (Å²) in [5.41, 5.74) is 0.852. The highest BCUT2D eigenvalue weighted by molar-refractivity contribution is 6.29. The van der Waals surface area contributed by atoms with Crippen LogP contribution < -0.4 is 10.2 Å². The predicted octanol–water partition coefficient (Wildman–Crippen LogP) is 2.06. The van der Waals surface area contributed by atoms with Gasteiger partial charge in [-0.2, -0.15) is 0 Å². The van der Waals surface area contributed by atoms with Crippen LogP contribution in [0.4, 0.5) is 10.1 Å². The van der Waals surface area contributed by atoms with Crippen LogP contribution in [0.25, 0.3) is 0 Å². The van der Waals surface area contributed by atoms with E-state index in [1.807, 2.05) is 0 Å². The first-order chi connectivity index (χ1) is 8.25. The van der Waals surface area contributed by atoms with Crippen molar-refractivity contribution in [3.05, 3.63) is 23.2 Å². The summed E-state index contributed by atoms with van der Waals surface area (Å²) in [6.45, 7) is 3.03. The van der Waals surface area contributed by atoms with Crippen molar-refractivity contribution in [1.29, 1.82) is 0 Å². The van der Waals surface area contributed by atoms with Gasteiger partial charge in [-0.1, -0.05) is 11.6 Å². The molecule has 0 aliphatic carbocycles. The highest BCUT2D eigenvalue weighted by Gasteiger charge is 2.35. The van der Waals surface area contributed by atoms with Crippen LogP contribution in [-0.2, 0) is 0 Å². The van der Waals surface area contributed by atoms with Crippen molar-refractivity contribution in [2.24, 2.45) is 5.92 Å². The Morgan fingerprint density at radius 2 is 2.35 bits per heavy atom. The summed E-state index contributed by atoms with van der Waals surface area (Å²) in [7, 11) is 0. The minimum atomic E-state index is -0.433. The number of hydrogen-bond donors (Lipinski definition) is 1. The van der Waals surface area contributed by atoms with Crippen molar-refractivity contribution in [3.8, 4) is 0 Å². The fourth-order valence-corrected chi connectivity index (χ4v) is 3.06. The van der Waals surface area contributed by atoms with Crippen LogP contribution in [0.2, 0.25) is 5.15 Å². The average molecular weight is 256 g/mol. The molecule has 2 atom stereocenters. The number of rotatable bonds is 1. The van der Waals surface area contributed by atoms with E-state index in [1.165, 1.54) is 12.5 Å². The number of piperidine rings is 1. The van der Waals surface area contributed by atoms with Crippen LogP contribution in [0.15, 0.2) is 12.3 Å². The largest absolute Gasteiger partial charge is 0.366 e. The second-order valence-electron chi connectivity index (χ2n) is 4.79. The molecule has 3 heterocycles. The van der Waals surface area contributed by atoms with Crippen LogP contribution in [0.3, 0.4) is 0 Å². The highest BCUT2D eigenvalue weighted by Crippen LogP contribution is 2.31. The van der Waals surface area contributed by atoms with Gasteiger partial charge in [0.1, 0.15) is 0 Å². The Kier molecular flexibility index (Phi) is 2.92. The predicted molar refractivity (Wildman–Crippen MR) is 65.9 cm³/mol. The Hall–Kier alpha value is -0.870. The summed E-state index contributed by atoms with van der Waals surface area (Å²) in [6.07, 6.45) is 4.09. The van der Waals surface area contributed by atoms with Gasteiger partial charge in [0, 0.05) is 31.7 Å². The fourth-order valence-electron chi connectivity index (χ4n) is 2.96. The number of fused-ring (bicyclic) bond motifs is 1. The van der Waals surface area contributed by atoms with Crippen molar-refractivity contribution in [2.75, 3.05) is 24.5 Å². The molecule has 92 valence electrons. The average Bonchev–Trinajstić information content (AvgIpc) is 2.80. The molecule has 5 heteroatoms. The minimum absolute atomic E-state index is 0.0492. The van der Waals surface area contributed by atoms with E-state index >= 15 is 0 Å². The van der Waals surface area contributed by atoms with Crippen molar-refractivity contribution in [1.82, 2.24) is 10.3 Å². The molecule has 0 saturated carbocycles. The zero-order valence-corrected chi connectivity index (χ0v) is 10.3. The molecule has 0 bridgehead atoms. The monoisotopic (exact) mass is 255 g/mol. The number of halogens is 2. The molecular formula is C12H15ClFN3. The number of nitrogens with zero attached hydrogens (tertiary/aromatic N) is 2. The van der Waals surface area contributed by atoms with Gasteiger partial charge in [0.15, 0.2) is 11.0 Å². The van der Waals surface area contributed by atoms with Crippen LogP contribution in [0.1, 0.15) is 12.8 Å². The number of hydrogen-bond acceptors (Lipinski definition) is 3. The Morgan fingerprint density at radius 3 is 3.18 bits per heavy atom. The van der Waals surface area contributed by atoms with Gasteiger partial charge < -0.3 is 10.2 Å². The summed E-state index contributed by atoms with van der Waals surface area (Å²) in [6, 6.07) is 1.97. The molecule has 2 unspecified atom stereocenters. The smallest absolute Gasteiger partial charge is 0.164 e. The van der Waals surface area contributed by atoms with Crippen molar-refractivity contribution in [3.63, 3.8) is 0 Å². The topological polar surface area (TPSA) is 28.2 Å². The lowest BCUT2D eigenvalue weighted by Crippen LogP contribution is -2.45. The van der Waals surface area contributed by atoms with E-state index in [1.54, 1.807) is 6.20 Å². The molecule has 3 nitrogen and oxygen atoms in total. The van der Waals surface area contributed by atoms with E-state index in [4.69, 9.17) is 11.6 Å². The molecule has 2 aliphatic rings. The van der Waals surface area contributed by atoms with Crippen LogP contribution in [-0.4, -0.2) is 30.7 Å². The summed E-state index contributed by atoms with van der Waals surface area (Å²) in [4.78, 5) is 6.16. The molecule has 0 radical (unpaired) electrons. The summed E-state index contributed by atoms with van der Waals surface area (Å²) < 4.78 is 13.4. The fraction of sp³-hybridized carbons (Fsp3) is 0.583. The molecular weight excluding hydrogens is 241 g/mol. The molecule has 2 aliphatic heterocycles. The van der Waals surface area contributed by atoms with Gasteiger partial charge in [-0.05, 0) is 18.8 Å². The van der Waals surface area contributed by atoms with Crippen LogP contribution in [0.5, 0.6) is 0 Å². The molecule has 2 saturated heterocycles. The number of nitrogens with one attached hydrogen (secondary N) is 1. The van der Waals surface area contributed by atoms with Gasteiger partial charge in [-0.25, -0.2) is 9.37 Å². The third kappa shape index (κ3) is 2.00.